The van der Waals surface area contributed by atoms with Crippen LogP contribution in [0.15, 0.2) is 72.8 Å². The van der Waals surface area contributed by atoms with Gasteiger partial charge in [-0.2, -0.15) is 0 Å². The summed E-state index contributed by atoms with van der Waals surface area (Å²) in [6.07, 6.45) is -0.773. The van der Waals surface area contributed by atoms with Gasteiger partial charge in [0, 0.05) is 5.69 Å². The third kappa shape index (κ3) is 6.01. The number of ether oxygens (including phenoxy) is 3. The Morgan fingerprint density at radius 3 is 2.12 bits per heavy atom. The van der Waals surface area contributed by atoms with E-state index in [2.05, 4.69) is 10.6 Å². The van der Waals surface area contributed by atoms with Gasteiger partial charge in [-0.25, -0.2) is 0 Å². The average molecular weight is 434 g/mol. The Hall–Kier alpha value is -4.00. The highest BCUT2D eigenvalue weighted by atomic mass is 16.5. The van der Waals surface area contributed by atoms with Crippen molar-refractivity contribution in [2.75, 3.05) is 24.4 Å². The Morgan fingerprint density at radius 2 is 1.47 bits per heavy atom. The molecule has 0 aromatic heterocycles. The minimum atomic E-state index is -0.773. The van der Waals surface area contributed by atoms with Gasteiger partial charge in [0.05, 0.1) is 25.0 Å². The quantitative estimate of drug-likeness (QED) is 0.508. The van der Waals surface area contributed by atoms with Gasteiger partial charge in [-0.15, -0.1) is 0 Å². The number of nitrogens with one attached hydrogen (secondary N) is 2. The standard InChI is InChI=1S/C25H26N2O5/c1-4-31-20-11-9-18(10-12-20)26-25(29)22-7-5-6-8-23(22)27-24(28)17(2)32-21-15-13-19(30-3)14-16-21/h5-17H,4H2,1-3H3,(H,26,29)(H,27,28). The van der Waals surface area contributed by atoms with E-state index in [1.807, 2.05) is 6.92 Å². The topological polar surface area (TPSA) is 85.9 Å². The van der Waals surface area contributed by atoms with Crippen molar-refractivity contribution in [1.29, 1.82) is 0 Å². The first-order valence-electron chi connectivity index (χ1n) is 10.2. The summed E-state index contributed by atoms with van der Waals surface area (Å²) in [5.74, 6) is 1.25. The van der Waals surface area contributed by atoms with Crippen molar-refractivity contribution in [3.05, 3.63) is 78.4 Å². The number of methoxy groups -OCH3 is 1. The Labute approximate surface area is 187 Å². The van der Waals surface area contributed by atoms with E-state index < -0.39 is 6.10 Å². The van der Waals surface area contributed by atoms with Gasteiger partial charge in [0.2, 0.25) is 0 Å². The second-order valence-corrected chi connectivity index (χ2v) is 6.88. The molecule has 2 N–H and O–H groups in total. The van der Waals surface area contributed by atoms with Gasteiger partial charge in [0.15, 0.2) is 6.10 Å². The van der Waals surface area contributed by atoms with Gasteiger partial charge in [-0.1, -0.05) is 12.1 Å². The number of amides is 2. The van der Waals surface area contributed by atoms with Crippen LogP contribution in [0.25, 0.3) is 0 Å². The second-order valence-electron chi connectivity index (χ2n) is 6.88. The van der Waals surface area contributed by atoms with Gasteiger partial charge in [-0.3, -0.25) is 9.59 Å². The van der Waals surface area contributed by atoms with Crippen LogP contribution in [0.4, 0.5) is 11.4 Å². The summed E-state index contributed by atoms with van der Waals surface area (Å²) < 4.78 is 16.2. The second kappa shape index (κ2) is 10.9. The molecular formula is C25H26N2O5. The van der Waals surface area contributed by atoms with E-state index in [-0.39, 0.29) is 11.8 Å². The first kappa shape index (κ1) is 22.7. The van der Waals surface area contributed by atoms with Crippen LogP contribution in [0.1, 0.15) is 24.2 Å². The molecule has 3 aromatic rings. The molecular weight excluding hydrogens is 408 g/mol. The molecule has 3 aromatic carbocycles. The predicted octanol–water partition coefficient (Wildman–Crippen LogP) is 4.75. The van der Waals surface area contributed by atoms with Crippen molar-refractivity contribution < 1.29 is 23.8 Å². The molecule has 0 bridgehead atoms. The van der Waals surface area contributed by atoms with Crippen LogP contribution in [-0.4, -0.2) is 31.6 Å². The summed E-state index contributed by atoms with van der Waals surface area (Å²) in [7, 11) is 1.58. The van der Waals surface area contributed by atoms with E-state index in [9.17, 15) is 9.59 Å². The zero-order valence-electron chi connectivity index (χ0n) is 18.3. The number of para-hydroxylation sites is 1. The molecule has 0 aliphatic carbocycles. The van der Waals surface area contributed by atoms with Gasteiger partial charge in [-0.05, 0) is 74.5 Å². The molecule has 2 amide bonds. The van der Waals surface area contributed by atoms with E-state index in [4.69, 9.17) is 14.2 Å². The maximum absolute atomic E-state index is 12.8. The monoisotopic (exact) mass is 434 g/mol. The van der Waals surface area contributed by atoms with Crippen LogP contribution in [0, 0.1) is 0 Å². The third-order valence-corrected chi connectivity index (χ3v) is 4.59. The highest BCUT2D eigenvalue weighted by Crippen LogP contribution is 2.21. The number of carbonyl (C=O) groups excluding carboxylic acids is 2. The Morgan fingerprint density at radius 1 is 0.844 bits per heavy atom. The molecule has 166 valence electrons. The number of hydrogen-bond donors (Lipinski definition) is 2. The molecule has 0 heterocycles. The summed E-state index contributed by atoms with van der Waals surface area (Å²) in [6.45, 7) is 4.12. The SMILES string of the molecule is CCOc1ccc(NC(=O)c2ccccc2NC(=O)C(C)Oc2ccc(OC)cc2)cc1. The summed E-state index contributed by atoms with van der Waals surface area (Å²) in [6, 6.07) is 20.8. The van der Waals surface area contributed by atoms with Crippen LogP contribution in [0.2, 0.25) is 0 Å². The van der Waals surface area contributed by atoms with Gasteiger partial charge in [0.25, 0.3) is 11.8 Å². The van der Waals surface area contributed by atoms with Gasteiger partial charge < -0.3 is 24.8 Å². The van der Waals surface area contributed by atoms with Gasteiger partial charge >= 0.3 is 0 Å². The third-order valence-electron chi connectivity index (χ3n) is 4.59. The van der Waals surface area contributed by atoms with Crippen LogP contribution < -0.4 is 24.8 Å². The number of anilines is 2. The average Bonchev–Trinajstić information content (AvgIpc) is 2.81. The number of rotatable bonds is 9. The Kier molecular flexibility index (Phi) is 7.70. The fraction of sp³-hybridized carbons (Fsp3) is 0.200. The molecule has 7 heteroatoms. The van der Waals surface area contributed by atoms with E-state index in [0.717, 1.165) is 5.75 Å². The normalized spacial score (nSPS) is 11.2. The molecule has 0 aliphatic heterocycles. The van der Waals surface area contributed by atoms with Crippen LogP contribution in [0.3, 0.4) is 0 Å². The van der Waals surface area contributed by atoms with Crippen molar-refractivity contribution >= 4 is 23.2 Å². The fourth-order valence-corrected chi connectivity index (χ4v) is 2.94. The smallest absolute Gasteiger partial charge is 0.265 e. The summed E-state index contributed by atoms with van der Waals surface area (Å²) >= 11 is 0. The van der Waals surface area contributed by atoms with Crippen LogP contribution in [0.5, 0.6) is 17.2 Å². The van der Waals surface area contributed by atoms with E-state index in [0.29, 0.717) is 35.0 Å². The lowest BCUT2D eigenvalue weighted by Crippen LogP contribution is -2.31. The van der Waals surface area contributed by atoms with Crippen molar-refractivity contribution in [2.24, 2.45) is 0 Å². The first-order valence-corrected chi connectivity index (χ1v) is 10.2. The van der Waals surface area contributed by atoms with Crippen molar-refractivity contribution in [3.63, 3.8) is 0 Å². The van der Waals surface area contributed by atoms with E-state index in [1.165, 1.54) is 0 Å². The van der Waals surface area contributed by atoms with Crippen LogP contribution in [-0.2, 0) is 4.79 Å². The number of benzene rings is 3. The lowest BCUT2D eigenvalue weighted by atomic mass is 10.1. The van der Waals surface area contributed by atoms with E-state index >= 15 is 0 Å². The molecule has 7 nitrogen and oxygen atoms in total. The largest absolute Gasteiger partial charge is 0.497 e. The van der Waals surface area contributed by atoms with Crippen LogP contribution >= 0.6 is 0 Å². The number of carbonyl (C=O) groups is 2. The van der Waals surface area contributed by atoms with Crippen molar-refractivity contribution in [1.82, 2.24) is 0 Å². The summed E-state index contributed by atoms with van der Waals surface area (Å²) in [4.78, 5) is 25.5. The van der Waals surface area contributed by atoms with Gasteiger partial charge in [0.1, 0.15) is 17.2 Å². The molecule has 32 heavy (non-hydrogen) atoms. The molecule has 0 radical (unpaired) electrons. The lowest BCUT2D eigenvalue weighted by molar-refractivity contribution is -0.122. The summed E-state index contributed by atoms with van der Waals surface area (Å²) in [5, 5.41) is 5.61. The predicted molar refractivity (Wildman–Crippen MR) is 124 cm³/mol. The highest BCUT2D eigenvalue weighted by Gasteiger charge is 2.18. The fourth-order valence-electron chi connectivity index (χ4n) is 2.94. The molecule has 0 aliphatic rings. The van der Waals surface area contributed by atoms with Crippen molar-refractivity contribution in [2.45, 2.75) is 20.0 Å². The maximum Gasteiger partial charge on any atom is 0.265 e. The molecule has 3 rings (SSSR count). The minimum absolute atomic E-state index is 0.339. The molecule has 1 atom stereocenters. The first-order chi connectivity index (χ1) is 15.5. The molecule has 0 saturated carbocycles. The lowest BCUT2D eigenvalue weighted by Gasteiger charge is -2.16. The highest BCUT2D eigenvalue weighted by molar-refractivity contribution is 6.10. The van der Waals surface area contributed by atoms with E-state index in [1.54, 1.807) is 86.8 Å². The molecule has 0 spiro atoms. The molecule has 0 saturated heterocycles. The Bertz CT molecular complexity index is 1050. The zero-order valence-corrected chi connectivity index (χ0v) is 18.3. The summed E-state index contributed by atoms with van der Waals surface area (Å²) in [5.41, 5.74) is 1.35. The van der Waals surface area contributed by atoms with Crippen molar-refractivity contribution in [3.8, 4) is 17.2 Å². The number of hydrogen-bond acceptors (Lipinski definition) is 5. The molecule has 1 unspecified atom stereocenters. The zero-order chi connectivity index (χ0) is 22.9. The Balaban J connectivity index is 1.65. The molecule has 0 fully saturated rings. The maximum atomic E-state index is 12.8. The minimum Gasteiger partial charge on any atom is -0.497 e.